The molecule has 0 heterocycles. The van der Waals surface area contributed by atoms with Crippen LogP contribution >= 0.6 is 0 Å². The maximum atomic E-state index is 5.58. The summed E-state index contributed by atoms with van der Waals surface area (Å²) >= 11 is 0. The Labute approximate surface area is 127 Å². The van der Waals surface area contributed by atoms with Crippen LogP contribution in [0.15, 0.2) is 36.4 Å². The van der Waals surface area contributed by atoms with E-state index in [1.165, 1.54) is 22.4 Å². The SMILES string of the molecule is C#CCOc1ccccc1CNc1c(C)cc(C)cc1C. The number of hydrogen-bond acceptors (Lipinski definition) is 2. The molecule has 2 rings (SSSR count). The van der Waals surface area contributed by atoms with Crippen LogP contribution in [0.4, 0.5) is 5.69 Å². The normalized spacial score (nSPS) is 10.0. The van der Waals surface area contributed by atoms with Crippen molar-refractivity contribution in [3.05, 3.63) is 58.7 Å². The molecule has 1 N–H and O–H groups in total. The minimum atomic E-state index is 0.291. The van der Waals surface area contributed by atoms with E-state index in [1.54, 1.807) is 0 Å². The fourth-order valence-corrected chi connectivity index (χ4v) is 2.55. The van der Waals surface area contributed by atoms with Crippen molar-refractivity contribution in [2.45, 2.75) is 27.3 Å². The third-order valence-electron chi connectivity index (χ3n) is 3.42. The highest BCUT2D eigenvalue weighted by atomic mass is 16.5. The summed E-state index contributed by atoms with van der Waals surface area (Å²) in [5, 5.41) is 3.51. The molecular formula is C19H21NO. The van der Waals surface area contributed by atoms with Gasteiger partial charge < -0.3 is 10.1 Å². The largest absolute Gasteiger partial charge is 0.481 e. The Bertz CT molecular complexity index is 645. The second-order valence-electron chi connectivity index (χ2n) is 5.23. The molecule has 0 saturated carbocycles. The summed E-state index contributed by atoms with van der Waals surface area (Å²) in [6, 6.07) is 12.3. The highest BCUT2D eigenvalue weighted by Gasteiger charge is 2.06. The van der Waals surface area contributed by atoms with Crippen LogP contribution in [0.2, 0.25) is 0 Å². The standard InChI is InChI=1S/C19H21NO/c1-5-10-21-18-9-7-6-8-17(18)13-20-19-15(3)11-14(2)12-16(19)4/h1,6-9,11-12,20H,10,13H2,2-4H3. The van der Waals surface area contributed by atoms with Crippen LogP contribution in [-0.4, -0.2) is 6.61 Å². The van der Waals surface area contributed by atoms with Crippen molar-refractivity contribution >= 4 is 5.69 Å². The van der Waals surface area contributed by atoms with Gasteiger partial charge in [0.2, 0.25) is 0 Å². The Balaban J connectivity index is 2.16. The van der Waals surface area contributed by atoms with Crippen molar-refractivity contribution in [2.75, 3.05) is 11.9 Å². The van der Waals surface area contributed by atoms with E-state index in [1.807, 2.05) is 18.2 Å². The fraction of sp³-hybridized carbons (Fsp3) is 0.263. The van der Waals surface area contributed by atoms with Gasteiger partial charge in [0.05, 0.1) is 0 Å². The average molecular weight is 279 g/mol. The van der Waals surface area contributed by atoms with Crippen molar-refractivity contribution in [3.63, 3.8) is 0 Å². The Morgan fingerprint density at radius 1 is 1.10 bits per heavy atom. The lowest BCUT2D eigenvalue weighted by Crippen LogP contribution is -2.06. The highest BCUT2D eigenvalue weighted by Crippen LogP contribution is 2.24. The molecule has 0 unspecified atom stereocenters. The van der Waals surface area contributed by atoms with Crippen molar-refractivity contribution in [1.29, 1.82) is 0 Å². The maximum Gasteiger partial charge on any atom is 0.148 e. The smallest absolute Gasteiger partial charge is 0.148 e. The van der Waals surface area contributed by atoms with Crippen LogP contribution < -0.4 is 10.1 Å². The molecule has 0 bridgehead atoms. The van der Waals surface area contributed by atoms with Crippen LogP contribution in [0.25, 0.3) is 0 Å². The summed E-state index contributed by atoms with van der Waals surface area (Å²) in [4.78, 5) is 0. The van der Waals surface area contributed by atoms with Gasteiger partial charge in [0, 0.05) is 17.8 Å². The van der Waals surface area contributed by atoms with E-state index in [9.17, 15) is 0 Å². The molecule has 2 nitrogen and oxygen atoms in total. The summed E-state index contributed by atoms with van der Waals surface area (Å²) in [5.74, 6) is 3.34. The number of hydrogen-bond donors (Lipinski definition) is 1. The second-order valence-corrected chi connectivity index (χ2v) is 5.23. The van der Waals surface area contributed by atoms with Gasteiger partial charge >= 0.3 is 0 Å². The van der Waals surface area contributed by atoms with Crippen molar-refractivity contribution in [3.8, 4) is 18.1 Å². The molecule has 0 fully saturated rings. The van der Waals surface area contributed by atoms with E-state index in [-0.39, 0.29) is 0 Å². The Kier molecular flexibility index (Phi) is 4.90. The summed E-state index contributed by atoms with van der Waals surface area (Å²) in [6.45, 7) is 7.38. The van der Waals surface area contributed by atoms with Gasteiger partial charge in [-0.2, -0.15) is 0 Å². The Morgan fingerprint density at radius 2 is 1.76 bits per heavy atom. The first-order chi connectivity index (χ1) is 10.1. The zero-order valence-electron chi connectivity index (χ0n) is 12.9. The molecule has 2 aromatic carbocycles. The number of ether oxygens (including phenoxy) is 1. The van der Waals surface area contributed by atoms with Gasteiger partial charge in [0.1, 0.15) is 12.4 Å². The van der Waals surface area contributed by atoms with E-state index in [2.05, 4.69) is 50.2 Å². The molecule has 0 atom stereocenters. The van der Waals surface area contributed by atoms with E-state index in [0.717, 1.165) is 11.3 Å². The van der Waals surface area contributed by atoms with E-state index in [4.69, 9.17) is 11.2 Å². The molecule has 0 aromatic heterocycles. The molecule has 0 aliphatic rings. The van der Waals surface area contributed by atoms with Crippen LogP contribution in [0, 0.1) is 33.1 Å². The van der Waals surface area contributed by atoms with E-state index < -0.39 is 0 Å². The quantitative estimate of drug-likeness (QED) is 0.827. The highest BCUT2D eigenvalue weighted by molar-refractivity contribution is 5.58. The summed E-state index contributed by atoms with van der Waals surface area (Å²) in [5.41, 5.74) is 6.09. The monoisotopic (exact) mass is 279 g/mol. The van der Waals surface area contributed by atoms with Gasteiger partial charge in [-0.25, -0.2) is 0 Å². The lowest BCUT2D eigenvalue weighted by atomic mass is 10.0. The molecule has 0 amide bonds. The first-order valence-corrected chi connectivity index (χ1v) is 7.07. The third-order valence-corrected chi connectivity index (χ3v) is 3.42. The molecule has 2 heteroatoms. The number of benzene rings is 2. The fourth-order valence-electron chi connectivity index (χ4n) is 2.55. The van der Waals surface area contributed by atoms with Gasteiger partial charge in [0.15, 0.2) is 0 Å². The first kappa shape index (κ1) is 15.0. The van der Waals surface area contributed by atoms with Gasteiger partial charge in [-0.15, -0.1) is 6.42 Å². The molecule has 0 saturated heterocycles. The van der Waals surface area contributed by atoms with Gasteiger partial charge in [-0.1, -0.05) is 41.8 Å². The van der Waals surface area contributed by atoms with E-state index >= 15 is 0 Å². The van der Waals surface area contributed by atoms with Crippen molar-refractivity contribution in [1.82, 2.24) is 0 Å². The predicted octanol–water partition coefficient (Wildman–Crippen LogP) is 4.24. The number of rotatable bonds is 5. The maximum absolute atomic E-state index is 5.58. The number of terminal acetylenes is 1. The molecule has 21 heavy (non-hydrogen) atoms. The van der Waals surface area contributed by atoms with Gasteiger partial charge in [-0.05, 0) is 38.0 Å². The van der Waals surface area contributed by atoms with Crippen LogP contribution in [-0.2, 0) is 6.54 Å². The first-order valence-electron chi connectivity index (χ1n) is 7.07. The molecule has 2 aromatic rings. The van der Waals surface area contributed by atoms with Crippen LogP contribution in [0.3, 0.4) is 0 Å². The number of aryl methyl sites for hydroxylation is 3. The Hall–Kier alpha value is -2.40. The second kappa shape index (κ2) is 6.85. The molecule has 0 aliphatic carbocycles. The minimum absolute atomic E-state index is 0.291. The zero-order chi connectivity index (χ0) is 15.2. The predicted molar refractivity (Wildman–Crippen MR) is 88.7 cm³/mol. The van der Waals surface area contributed by atoms with Crippen molar-refractivity contribution < 1.29 is 4.74 Å². The van der Waals surface area contributed by atoms with Gasteiger partial charge in [-0.3, -0.25) is 0 Å². The van der Waals surface area contributed by atoms with Gasteiger partial charge in [0.25, 0.3) is 0 Å². The molecular weight excluding hydrogens is 258 g/mol. The lowest BCUT2D eigenvalue weighted by molar-refractivity contribution is 0.366. The van der Waals surface area contributed by atoms with Crippen molar-refractivity contribution in [2.24, 2.45) is 0 Å². The topological polar surface area (TPSA) is 21.3 Å². The minimum Gasteiger partial charge on any atom is -0.481 e. The Morgan fingerprint density at radius 3 is 2.43 bits per heavy atom. The van der Waals surface area contributed by atoms with E-state index in [0.29, 0.717) is 13.2 Å². The molecule has 0 spiro atoms. The third kappa shape index (κ3) is 3.79. The van der Waals surface area contributed by atoms with Crippen LogP contribution in [0.1, 0.15) is 22.3 Å². The molecule has 0 aliphatic heterocycles. The lowest BCUT2D eigenvalue weighted by Gasteiger charge is -2.15. The number of para-hydroxylation sites is 1. The summed E-state index contributed by atoms with van der Waals surface area (Å²) in [6.07, 6.45) is 5.25. The average Bonchev–Trinajstić information content (AvgIpc) is 2.45. The number of nitrogens with one attached hydrogen (secondary N) is 1. The molecule has 108 valence electrons. The van der Waals surface area contributed by atoms with Crippen LogP contribution in [0.5, 0.6) is 5.75 Å². The summed E-state index contributed by atoms with van der Waals surface area (Å²) in [7, 11) is 0. The summed E-state index contributed by atoms with van der Waals surface area (Å²) < 4.78 is 5.58. The number of anilines is 1. The zero-order valence-corrected chi connectivity index (χ0v) is 12.9. The molecule has 0 radical (unpaired) electrons.